The number of fused-ring (bicyclic) bond motifs is 1. The number of carboxylic acid groups (broad SMARTS) is 1. The molecule has 1 unspecified atom stereocenters. The lowest BCUT2D eigenvalue weighted by Crippen LogP contribution is -2.41. The van der Waals surface area contributed by atoms with Crippen molar-refractivity contribution in [3.8, 4) is 0 Å². The number of anilines is 1. The van der Waals surface area contributed by atoms with Gasteiger partial charge in [0.15, 0.2) is 0 Å². The molecule has 0 radical (unpaired) electrons. The van der Waals surface area contributed by atoms with Crippen molar-refractivity contribution in [2.75, 3.05) is 11.4 Å². The third-order valence-corrected chi connectivity index (χ3v) is 6.33. The van der Waals surface area contributed by atoms with Gasteiger partial charge in [0.2, 0.25) is 0 Å². The fourth-order valence-electron chi connectivity index (χ4n) is 3.39. The minimum Gasteiger partial charge on any atom is -0.480 e. The summed E-state index contributed by atoms with van der Waals surface area (Å²) in [5.41, 5.74) is 1.81. The van der Waals surface area contributed by atoms with E-state index in [2.05, 4.69) is 6.92 Å². The molecule has 0 bridgehead atoms. The fraction of sp³-hybridized carbons (Fsp3) is 0.400. The lowest BCUT2D eigenvalue weighted by atomic mass is 10.1. The Morgan fingerprint density at radius 1 is 1.18 bits per heavy atom. The standard InChI is InChI=1S/C20H22N2O4S2/c1-3-4-5-8-11-21-14-10-7-6-9-13(14)15(17(21)23)16-18(24)22(20(27)28-16)12(2)19(25)26/h6-7,9-10,12H,3-5,8,11H2,1-2H3,(H,25,26). The zero-order valence-electron chi connectivity index (χ0n) is 15.8. The van der Waals surface area contributed by atoms with Gasteiger partial charge >= 0.3 is 5.97 Å². The third kappa shape index (κ3) is 3.58. The molecule has 8 heteroatoms. The van der Waals surface area contributed by atoms with Gasteiger partial charge in [-0.2, -0.15) is 0 Å². The summed E-state index contributed by atoms with van der Waals surface area (Å²) in [5.74, 6) is -1.88. The number of carboxylic acids is 1. The maximum absolute atomic E-state index is 13.2. The average molecular weight is 419 g/mol. The van der Waals surface area contributed by atoms with Crippen LogP contribution >= 0.6 is 24.0 Å². The number of thioether (sulfide) groups is 1. The van der Waals surface area contributed by atoms with E-state index in [1.165, 1.54) is 6.92 Å². The van der Waals surface area contributed by atoms with Crippen LogP contribution in [-0.2, 0) is 14.4 Å². The lowest BCUT2D eigenvalue weighted by Gasteiger charge is -2.19. The lowest BCUT2D eigenvalue weighted by molar-refractivity contribution is -0.144. The molecule has 28 heavy (non-hydrogen) atoms. The fourth-order valence-corrected chi connectivity index (χ4v) is 4.88. The normalized spacial score (nSPS) is 20.1. The first-order valence-electron chi connectivity index (χ1n) is 9.32. The highest BCUT2D eigenvalue weighted by Crippen LogP contribution is 2.45. The van der Waals surface area contributed by atoms with Crippen molar-refractivity contribution in [3.63, 3.8) is 0 Å². The summed E-state index contributed by atoms with van der Waals surface area (Å²) in [6.45, 7) is 4.13. The number of rotatable bonds is 7. The molecule has 3 rings (SSSR count). The highest BCUT2D eigenvalue weighted by atomic mass is 32.2. The molecule has 0 aliphatic carbocycles. The number of nitrogens with zero attached hydrogens (tertiary/aromatic N) is 2. The summed E-state index contributed by atoms with van der Waals surface area (Å²) in [6, 6.07) is 6.31. The van der Waals surface area contributed by atoms with Crippen LogP contribution in [0.2, 0.25) is 0 Å². The Bertz CT molecular complexity index is 881. The van der Waals surface area contributed by atoms with Gasteiger partial charge in [-0.1, -0.05) is 68.4 Å². The van der Waals surface area contributed by atoms with Crippen molar-refractivity contribution < 1.29 is 19.5 Å². The minimum atomic E-state index is -1.14. The summed E-state index contributed by atoms with van der Waals surface area (Å²) in [5, 5.41) is 9.27. The molecule has 0 spiro atoms. The molecule has 2 heterocycles. The SMILES string of the molecule is CCCCCCN1C(=O)C(=C2SC(=S)N(C(C)C(=O)O)C2=O)c2ccccc21. The molecule has 6 nitrogen and oxygen atoms in total. The Balaban J connectivity index is 1.98. The molecule has 2 aliphatic rings. The van der Waals surface area contributed by atoms with Crippen LogP contribution in [0.15, 0.2) is 29.2 Å². The number of hydrogen-bond donors (Lipinski definition) is 1. The molecule has 1 saturated heterocycles. The van der Waals surface area contributed by atoms with Gasteiger partial charge in [0.1, 0.15) is 10.4 Å². The average Bonchev–Trinajstić information content (AvgIpc) is 3.11. The molecule has 1 aromatic carbocycles. The second kappa shape index (κ2) is 8.45. The number of thiocarbonyl (C=S) groups is 1. The van der Waals surface area contributed by atoms with Crippen LogP contribution < -0.4 is 4.90 Å². The van der Waals surface area contributed by atoms with Crippen molar-refractivity contribution in [1.82, 2.24) is 4.90 Å². The van der Waals surface area contributed by atoms with Gasteiger partial charge in [-0.05, 0) is 19.4 Å². The third-order valence-electron chi connectivity index (χ3n) is 4.93. The van der Waals surface area contributed by atoms with Gasteiger partial charge < -0.3 is 10.0 Å². The molecule has 1 N–H and O–H groups in total. The van der Waals surface area contributed by atoms with E-state index in [0.717, 1.165) is 48.0 Å². The van der Waals surface area contributed by atoms with E-state index in [0.29, 0.717) is 17.7 Å². The van der Waals surface area contributed by atoms with Gasteiger partial charge in [0, 0.05) is 12.1 Å². The molecule has 0 aromatic heterocycles. The second-order valence-electron chi connectivity index (χ2n) is 6.80. The quantitative estimate of drug-likeness (QED) is 0.414. The minimum absolute atomic E-state index is 0.161. The molecular weight excluding hydrogens is 396 g/mol. The van der Waals surface area contributed by atoms with E-state index >= 15 is 0 Å². The molecule has 1 fully saturated rings. The highest BCUT2D eigenvalue weighted by Gasteiger charge is 2.44. The number of hydrogen-bond acceptors (Lipinski definition) is 5. The van der Waals surface area contributed by atoms with E-state index in [1.807, 2.05) is 24.3 Å². The van der Waals surface area contributed by atoms with Crippen LogP contribution in [0.1, 0.15) is 45.1 Å². The molecule has 0 saturated carbocycles. The predicted octanol–water partition coefficient (Wildman–Crippen LogP) is 3.66. The Kier molecular flexibility index (Phi) is 6.20. The summed E-state index contributed by atoms with van der Waals surface area (Å²) in [4.78, 5) is 40.5. The zero-order chi connectivity index (χ0) is 20.4. The maximum atomic E-state index is 13.2. The number of unbranched alkanes of at least 4 members (excludes halogenated alkanes) is 3. The van der Waals surface area contributed by atoms with Crippen LogP contribution in [0.3, 0.4) is 0 Å². The Hall–Kier alpha value is -2.19. The summed E-state index contributed by atoms with van der Waals surface area (Å²) in [6.07, 6.45) is 4.15. The van der Waals surface area contributed by atoms with Crippen LogP contribution in [0.25, 0.3) is 5.57 Å². The van der Waals surface area contributed by atoms with Gasteiger partial charge in [0.05, 0.1) is 16.2 Å². The van der Waals surface area contributed by atoms with Crippen molar-refractivity contribution in [2.45, 2.75) is 45.6 Å². The van der Waals surface area contributed by atoms with Crippen LogP contribution in [-0.4, -0.2) is 44.7 Å². The van der Waals surface area contributed by atoms with E-state index in [-0.39, 0.29) is 15.1 Å². The van der Waals surface area contributed by atoms with Crippen molar-refractivity contribution >= 4 is 57.3 Å². The monoisotopic (exact) mass is 418 g/mol. The Morgan fingerprint density at radius 3 is 2.57 bits per heavy atom. The maximum Gasteiger partial charge on any atom is 0.326 e. The second-order valence-corrected chi connectivity index (χ2v) is 8.44. The number of para-hydroxylation sites is 1. The first-order chi connectivity index (χ1) is 13.4. The summed E-state index contributed by atoms with van der Waals surface area (Å²) in [7, 11) is 0. The first kappa shape index (κ1) is 20.5. The van der Waals surface area contributed by atoms with Crippen LogP contribution in [0.5, 0.6) is 0 Å². The number of aliphatic carboxylic acids is 1. The number of benzene rings is 1. The van der Waals surface area contributed by atoms with Gasteiger partial charge in [0.25, 0.3) is 11.8 Å². The van der Waals surface area contributed by atoms with Gasteiger partial charge in [-0.25, -0.2) is 4.79 Å². The molecule has 1 atom stereocenters. The van der Waals surface area contributed by atoms with Crippen LogP contribution in [0.4, 0.5) is 5.69 Å². The number of amides is 2. The number of carbonyl (C=O) groups is 3. The van der Waals surface area contributed by atoms with Crippen molar-refractivity contribution in [1.29, 1.82) is 0 Å². The van der Waals surface area contributed by atoms with Crippen molar-refractivity contribution in [2.24, 2.45) is 0 Å². The van der Waals surface area contributed by atoms with Gasteiger partial charge in [-0.15, -0.1) is 0 Å². The smallest absolute Gasteiger partial charge is 0.326 e. The Morgan fingerprint density at radius 2 is 1.89 bits per heavy atom. The molecular formula is C20H22N2O4S2. The van der Waals surface area contributed by atoms with Gasteiger partial charge in [-0.3, -0.25) is 14.5 Å². The first-order valence-corrected chi connectivity index (χ1v) is 10.5. The molecule has 2 amide bonds. The van der Waals surface area contributed by atoms with E-state index in [1.54, 1.807) is 4.90 Å². The molecule has 148 valence electrons. The predicted molar refractivity (Wildman–Crippen MR) is 114 cm³/mol. The van der Waals surface area contributed by atoms with E-state index < -0.39 is 17.9 Å². The van der Waals surface area contributed by atoms with E-state index in [4.69, 9.17) is 12.2 Å². The van der Waals surface area contributed by atoms with Crippen LogP contribution in [0, 0.1) is 0 Å². The largest absolute Gasteiger partial charge is 0.480 e. The molecule has 1 aromatic rings. The van der Waals surface area contributed by atoms with Crippen molar-refractivity contribution in [3.05, 3.63) is 34.7 Å². The topological polar surface area (TPSA) is 77.9 Å². The Labute approximate surface area is 173 Å². The summed E-state index contributed by atoms with van der Waals surface area (Å²) < 4.78 is 0.161. The zero-order valence-corrected chi connectivity index (χ0v) is 17.4. The number of carbonyl (C=O) groups excluding carboxylic acids is 2. The highest BCUT2D eigenvalue weighted by molar-refractivity contribution is 8.26. The van der Waals surface area contributed by atoms with E-state index in [9.17, 15) is 19.5 Å². The molecule has 2 aliphatic heterocycles. The summed E-state index contributed by atoms with van der Waals surface area (Å²) >= 11 is 6.24.